The van der Waals surface area contributed by atoms with Crippen LogP contribution in [-0.4, -0.2) is 0 Å². The molecule has 0 bridgehead atoms. The van der Waals surface area contributed by atoms with Gasteiger partial charge in [-0.3, -0.25) is 0 Å². The molecule has 0 aliphatic rings. The van der Waals surface area contributed by atoms with Crippen molar-refractivity contribution in [3.05, 3.63) is 68.7 Å². The van der Waals surface area contributed by atoms with E-state index in [9.17, 15) is 0 Å². The summed E-state index contributed by atoms with van der Waals surface area (Å²) in [7, 11) is 0. The Morgan fingerprint density at radius 2 is 1.85 bits per heavy atom. The molecule has 0 heterocycles. The lowest BCUT2D eigenvalue weighted by Crippen LogP contribution is -2.12. The van der Waals surface area contributed by atoms with Crippen molar-refractivity contribution in [1.82, 2.24) is 0 Å². The Labute approximate surface area is 134 Å². The first-order valence-corrected chi connectivity index (χ1v) is 8.09. The van der Waals surface area contributed by atoms with Gasteiger partial charge in [0.1, 0.15) is 0 Å². The van der Waals surface area contributed by atoms with Crippen LogP contribution in [0.3, 0.4) is 0 Å². The molecule has 0 aromatic heterocycles. The van der Waals surface area contributed by atoms with Crippen LogP contribution in [-0.2, 0) is 6.42 Å². The number of hydrogen-bond donors (Lipinski definition) is 1. The standard InChI is InChI=1S/C17H19BrClN/c1-2-3-5-12-8-10-13(11-9-12)17(20)14-6-4-7-15(18)16(14)19/h4,6-11,17H,2-3,5,20H2,1H3. The number of halogens is 2. The van der Waals surface area contributed by atoms with Crippen LogP contribution in [0.15, 0.2) is 46.9 Å². The lowest BCUT2D eigenvalue weighted by molar-refractivity contribution is 0.793. The third-order valence-electron chi connectivity index (χ3n) is 3.47. The molecule has 2 rings (SSSR count). The Morgan fingerprint density at radius 1 is 1.15 bits per heavy atom. The highest BCUT2D eigenvalue weighted by Gasteiger charge is 2.13. The zero-order valence-corrected chi connectivity index (χ0v) is 13.9. The number of benzene rings is 2. The van der Waals surface area contributed by atoms with Gasteiger partial charge in [-0.15, -0.1) is 0 Å². The summed E-state index contributed by atoms with van der Waals surface area (Å²) in [5, 5.41) is 0.690. The lowest BCUT2D eigenvalue weighted by Gasteiger charge is -2.15. The molecule has 0 radical (unpaired) electrons. The Morgan fingerprint density at radius 3 is 2.50 bits per heavy atom. The number of hydrogen-bond acceptors (Lipinski definition) is 1. The van der Waals surface area contributed by atoms with Crippen LogP contribution in [0.2, 0.25) is 5.02 Å². The molecule has 2 N–H and O–H groups in total. The summed E-state index contributed by atoms with van der Waals surface area (Å²) >= 11 is 9.75. The SMILES string of the molecule is CCCCc1ccc(C(N)c2cccc(Br)c2Cl)cc1. The van der Waals surface area contributed by atoms with Crippen LogP contribution in [0.5, 0.6) is 0 Å². The van der Waals surface area contributed by atoms with Crippen LogP contribution < -0.4 is 5.73 Å². The minimum atomic E-state index is -0.194. The fourth-order valence-corrected chi connectivity index (χ4v) is 2.84. The van der Waals surface area contributed by atoms with Gasteiger partial charge in [0.15, 0.2) is 0 Å². The normalized spacial score (nSPS) is 12.4. The van der Waals surface area contributed by atoms with Crippen molar-refractivity contribution in [2.45, 2.75) is 32.2 Å². The summed E-state index contributed by atoms with van der Waals surface area (Å²) in [6, 6.07) is 14.2. The minimum absolute atomic E-state index is 0.194. The summed E-state index contributed by atoms with van der Waals surface area (Å²) < 4.78 is 0.881. The van der Waals surface area contributed by atoms with Crippen molar-refractivity contribution >= 4 is 27.5 Å². The Bertz CT molecular complexity index is 566. The molecule has 106 valence electrons. The van der Waals surface area contributed by atoms with Crippen LogP contribution in [0.25, 0.3) is 0 Å². The topological polar surface area (TPSA) is 26.0 Å². The molecule has 0 aliphatic carbocycles. The van der Waals surface area contributed by atoms with Gasteiger partial charge in [-0.25, -0.2) is 0 Å². The van der Waals surface area contributed by atoms with Crippen LogP contribution in [0, 0.1) is 0 Å². The van der Waals surface area contributed by atoms with E-state index in [1.54, 1.807) is 0 Å². The van der Waals surface area contributed by atoms with E-state index in [0.717, 1.165) is 22.0 Å². The van der Waals surface area contributed by atoms with Crippen LogP contribution in [0.1, 0.15) is 42.5 Å². The summed E-state index contributed by atoms with van der Waals surface area (Å²) in [4.78, 5) is 0. The first kappa shape index (κ1) is 15.6. The van der Waals surface area contributed by atoms with Crippen molar-refractivity contribution in [3.8, 4) is 0 Å². The highest BCUT2D eigenvalue weighted by atomic mass is 79.9. The van der Waals surface area contributed by atoms with E-state index in [1.165, 1.54) is 18.4 Å². The predicted octanol–water partition coefficient (Wildman–Crippen LogP) is 5.49. The van der Waals surface area contributed by atoms with Crippen molar-refractivity contribution in [1.29, 1.82) is 0 Å². The summed E-state index contributed by atoms with van der Waals surface area (Å²) in [5.74, 6) is 0. The quantitative estimate of drug-likeness (QED) is 0.756. The largest absolute Gasteiger partial charge is 0.320 e. The van der Waals surface area contributed by atoms with Gasteiger partial charge in [0.25, 0.3) is 0 Å². The molecule has 0 amide bonds. The average Bonchev–Trinajstić information content (AvgIpc) is 2.48. The van der Waals surface area contributed by atoms with Crippen molar-refractivity contribution in [2.75, 3.05) is 0 Å². The third-order valence-corrected chi connectivity index (χ3v) is 4.79. The number of nitrogens with two attached hydrogens (primary N) is 1. The van der Waals surface area contributed by atoms with Gasteiger partial charge in [-0.05, 0) is 51.5 Å². The molecule has 2 aromatic carbocycles. The van der Waals surface area contributed by atoms with E-state index < -0.39 is 0 Å². The predicted molar refractivity (Wildman–Crippen MR) is 90.2 cm³/mol. The van der Waals surface area contributed by atoms with Crippen molar-refractivity contribution in [3.63, 3.8) is 0 Å². The maximum atomic E-state index is 6.33. The Hall–Kier alpha value is -0.830. The monoisotopic (exact) mass is 351 g/mol. The molecule has 1 nitrogen and oxygen atoms in total. The highest BCUT2D eigenvalue weighted by molar-refractivity contribution is 9.10. The maximum absolute atomic E-state index is 6.33. The van der Waals surface area contributed by atoms with Gasteiger partial charge in [0.05, 0.1) is 11.1 Å². The second kappa shape index (κ2) is 7.26. The molecular weight excluding hydrogens is 334 g/mol. The summed E-state index contributed by atoms with van der Waals surface area (Å²) in [6.45, 7) is 2.21. The van der Waals surface area contributed by atoms with Gasteiger partial charge in [-0.1, -0.05) is 61.3 Å². The molecular formula is C17H19BrClN. The first-order chi connectivity index (χ1) is 9.63. The molecule has 0 fully saturated rings. The molecule has 1 atom stereocenters. The molecule has 0 saturated heterocycles. The van der Waals surface area contributed by atoms with E-state index in [2.05, 4.69) is 47.1 Å². The van der Waals surface area contributed by atoms with E-state index >= 15 is 0 Å². The first-order valence-electron chi connectivity index (χ1n) is 6.91. The van der Waals surface area contributed by atoms with Gasteiger partial charge in [0, 0.05) is 4.47 Å². The smallest absolute Gasteiger partial charge is 0.0599 e. The molecule has 20 heavy (non-hydrogen) atoms. The number of unbranched alkanes of at least 4 members (excludes halogenated alkanes) is 1. The van der Waals surface area contributed by atoms with E-state index in [4.69, 9.17) is 17.3 Å². The Balaban J connectivity index is 2.20. The van der Waals surface area contributed by atoms with Gasteiger partial charge < -0.3 is 5.73 Å². The van der Waals surface area contributed by atoms with Crippen molar-refractivity contribution in [2.24, 2.45) is 5.73 Å². The zero-order chi connectivity index (χ0) is 14.5. The second-order valence-electron chi connectivity index (χ2n) is 4.97. The van der Waals surface area contributed by atoms with Crippen LogP contribution >= 0.6 is 27.5 Å². The van der Waals surface area contributed by atoms with E-state index in [1.807, 2.05) is 18.2 Å². The van der Waals surface area contributed by atoms with E-state index in [-0.39, 0.29) is 6.04 Å². The van der Waals surface area contributed by atoms with Crippen molar-refractivity contribution < 1.29 is 0 Å². The summed E-state index contributed by atoms with van der Waals surface area (Å²) in [5.41, 5.74) is 9.73. The third kappa shape index (κ3) is 3.63. The second-order valence-corrected chi connectivity index (χ2v) is 6.20. The lowest BCUT2D eigenvalue weighted by atomic mass is 9.97. The molecule has 2 aromatic rings. The molecule has 0 spiro atoms. The fourth-order valence-electron chi connectivity index (χ4n) is 2.21. The van der Waals surface area contributed by atoms with Crippen LogP contribution in [0.4, 0.5) is 0 Å². The average molecular weight is 353 g/mol. The summed E-state index contributed by atoms with van der Waals surface area (Å²) in [6.07, 6.45) is 3.57. The number of aryl methyl sites for hydroxylation is 1. The zero-order valence-electron chi connectivity index (χ0n) is 11.6. The molecule has 1 unspecified atom stereocenters. The molecule has 3 heteroatoms. The fraction of sp³-hybridized carbons (Fsp3) is 0.294. The number of rotatable bonds is 5. The minimum Gasteiger partial charge on any atom is -0.320 e. The highest BCUT2D eigenvalue weighted by Crippen LogP contribution is 2.32. The van der Waals surface area contributed by atoms with Gasteiger partial charge in [-0.2, -0.15) is 0 Å². The molecule has 0 saturated carbocycles. The Kier molecular flexibility index (Phi) is 5.64. The van der Waals surface area contributed by atoms with Gasteiger partial charge in [0.2, 0.25) is 0 Å². The van der Waals surface area contributed by atoms with E-state index in [0.29, 0.717) is 5.02 Å². The maximum Gasteiger partial charge on any atom is 0.0599 e. The molecule has 0 aliphatic heterocycles. The van der Waals surface area contributed by atoms with Gasteiger partial charge >= 0.3 is 0 Å².